The monoisotopic (exact) mass is 180 g/mol. The lowest BCUT2D eigenvalue weighted by Gasteiger charge is -2.31. The Hall–Kier alpha value is -0.660. The Bertz CT molecular complexity index is 219. The second-order valence-corrected chi connectivity index (χ2v) is 4.17. The molecule has 0 radical (unpaired) electrons. The van der Waals surface area contributed by atoms with E-state index in [4.69, 9.17) is 0 Å². The Morgan fingerprint density at radius 1 is 1.38 bits per heavy atom. The first-order valence-corrected chi connectivity index (χ1v) is 5.18. The lowest BCUT2D eigenvalue weighted by atomic mass is 9.98. The molecule has 0 aromatic rings. The van der Waals surface area contributed by atoms with Gasteiger partial charge in [-0.3, -0.25) is 0 Å². The maximum absolute atomic E-state index is 9.97. The van der Waals surface area contributed by atoms with Gasteiger partial charge in [0.25, 0.3) is 0 Å². The minimum absolute atomic E-state index is 0.607. The smallest absolute Gasteiger partial charge is 0.234 e. The van der Waals surface area contributed by atoms with Crippen molar-refractivity contribution in [3.63, 3.8) is 0 Å². The van der Waals surface area contributed by atoms with Crippen LogP contribution in [0.4, 0.5) is 0 Å². The van der Waals surface area contributed by atoms with Gasteiger partial charge in [-0.15, -0.1) is 0 Å². The van der Waals surface area contributed by atoms with Crippen LogP contribution in [-0.4, -0.2) is 36.7 Å². The third-order valence-electron chi connectivity index (χ3n) is 3.03. The third kappa shape index (κ3) is 2.39. The number of aliphatic imine (C=N–C) groups is 1. The van der Waals surface area contributed by atoms with E-state index in [1.165, 1.54) is 32.2 Å². The summed E-state index contributed by atoms with van der Waals surface area (Å²) in [5.41, 5.74) is 0. The normalized spacial score (nSPS) is 29.7. The van der Waals surface area contributed by atoms with E-state index in [0.717, 1.165) is 12.6 Å². The fourth-order valence-corrected chi connectivity index (χ4v) is 2.18. The maximum atomic E-state index is 9.97. The molecule has 1 saturated carbocycles. The van der Waals surface area contributed by atoms with Crippen molar-refractivity contribution < 1.29 is 4.79 Å². The van der Waals surface area contributed by atoms with E-state index in [-0.39, 0.29) is 0 Å². The molecule has 1 aliphatic carbocycles. The van der Waals surface area contributed by atoms with Crippen LogP contribution in [0.2, 0.25) is 0 Å². The molecule has 3 heteroatoms. The number of carbonyl (C=O) groups excluding carboxylic acids is 1. The molecule has 1 saturated heterocycles. The molecule has 1 aliphatic heterocycles. The number of piperidine rings is 1. The molecule has 0 bridgehead atoms. The van der Waals surface area contributed by atoms with Crippen molar-refractivity contribution in [2.24, 2.45) is 10.9 Å². The van der Waals surface area contributed by atoms with E-state index in [2.05, 4.69) is 9.89 Å². The van der Waals surface area contributed by atoms with Crippen LogP contribution in [0.15, 0.2) is 4.99 Å². The van der Waals surface area contributed by atoms with Gasteiger partial charge in [0.05, 0.1) is 6.54 Å². The quantitative estimate of drug-likeness (QED) is 0.483. The summed E-state index contributed by atoms with van der Waals surface area (Å²) in [5, 5.41) is 0. The minimum atomic E-state index is 0.607. The molecular weight excluding hydrogens is 164 g/mol. The van der Waals surface area contributed by atoms with Crippen LogP contribution >= 0.6 is 0 Å². The van der Waals surface area contributed by atoms with Gasteiger partial charge < -0.3 is 4.90 Å². The largest absolute Gasteiger partial charge is 0.300 e. The summed E-state index contributed by atoms with van der Waals surface area (Å²) in [6.45, 7) is 3.09. The summed E-state index contributed by atoms with van der Waals surface area (Å²) < 4.78 is 0. The van der Waals surface area contributed by atoms with Crippen molar-refractivity contribution in [1.82, 2.24) is 4.90 Å². The van der Waals surface area contributed by atoms with Gasteiger partial charge in [-0.05, 0) is 38.1 Å². The first-order chi connectivity index (χ1) is 6.40. The topological polar surface area (TPSA) is 32.7 Å². The van der Waals surface area contributed by atoms with Gasteiger partial charge in [-0.25, -0.2) is 9.79 Å². The Morgan fingerprint density at radius 2 is 2.23 bits per heavy atom. The molecule has 0 spiro atoms. The van der Waals surface area contributed by atoms with Gasteiger partial charge in [0.15, 0.2) is 0 Å². The molecule has 0 aromatic heterocycles. The van der Waals surface area contributed by atoms with Crippen LogP contribution in [0.1, 0.15) is 25.7 Å². The van der Waals surface area contributed by atoms with Crippen LogP contribution < -0.4 is 0 Å². The molecule has 0 amide bonds. The van der Waals surface area contributed by atoms with Crippen LogP contribution in [0.3, 0.4) is 0 Å². The fraction of sp³-hybridized carbons (Fsp3) is 0.900. The molecule has 2 fully saturated rings. The van der Waals surface area contributed by atoms with Crippen molar-refractivity contribution in [2.45, 2.75) is 31.7 Å². The number of likely N-dealkylation sites (tertiary alicyclic amines) is 1. The van der Waals surface area contributed by atoms with Crippen LogP contribution in [0.5, 0.6) is 0 Å². The molecule has 72 valence electrons. The molecule has 13 heavy (non-hydrogen) atoms. The molecule has 1 heterocycles. The van der Waals surface area contributed by atoms with Crippen molar-refractivity contribution in [3.05, 3.63) is 0 Å². The molecule has 2 aliphatic rings. The Kier molecular flexibility index (Phi) is 2.77. The lowest BCUT2D eigenvalue weighted by Crippen LogP contribution is -2.37. The van der Waals surface area contributed by atoms with E-state index in [1.807, 2.05) is 0 Å². The van der Waals surface area contributed by atoms with E-state index < -0.39 is 0 Å². The number of nitrogens with zero attached hydrogens (tertiary/aromatic N) is 2. The first kappa shape index (κ1) is 8.92. The number of hydrogen-bond donors (Lipinski definition) is 0. The predicted octanol–water partition coefficient (Wildman–Crippen LogP) is 1.20. The molecule has 0 N–H and O–H groups in total. The highest BCUT2D eigenvalue weighted by molar-refractivity contribution is 5.32. The number of hydrogen-bond acceptors (Lipinski definition) is 3. The minimum Gasteiger partial charge on any atom is -0.300 e. The molecule has 2 rings (SSSR count). The summed E-state index contributed by atoms with van der Waals surface area (Å²) in [5.74, 6) is 0.607. The lowest BCUT2D eigenvalue weighted by molar-refractivity contribution is 0.170. The highest BCUT2D eigenvalue weighted by atomic mass is 16.1. The van der Waals surface area contributed by atoms with Gasteiger partial charge in [-0.1, -0.05) is 0 Å². The predicted molar refractivity (Wildman–Crippen MR) is 50.3 cm³/mol. The van der Waals surface area contributed by atoms with E-state index in [9.17, 15) is 4.79 Å². The van der Waals surface area contributed by atoms with Crippen molar-refractivity contribution in [3.8, 4) is 0 Å². The Morgan fingerprint density at radius 3 is 2.92 bits per heavy atom. The average molecular weight is 180 g/mol. The first-order valence-electron chi connectivity index (χ1n) is 5.18. The van der Waals surface area contributed by atoms with Gasteiger partial charge in [0.2, 0.25) is 6.08 Å². The highest BCUT2D eigenvalue weighted by Crippen LogP contribution is 2.30. The molecule has 1 atom stereocenters. The van der Waals surface area contributed by atoms with E-state index in [0.29, 0.717) is 12.5 Å². The van der Waals surface area contributed by atoms with E-state index in [1.54, 1.807) is 6.08 Å². The van der Waals surface area contributed by atoms with Crippen molar-refractivity contribution >= 4 is 6.08 Å². The highest BCUT2D eigenvalue weighted by Gasteiger charge is 2.32. The SMILES string of the molecule is O=C=NCC1CCCN(C2CC2)C1. The molecule has 1 unspecified atom stereocenters. The summed E-state index contributed by atoms with van der Waals surface area (Å²) in [4.78, 5) is 16.2. The fourth-order valence-electron chi connectivity index (χ4n) is 2.18. The second-order valence-electron chi connectivity index (χ2n) is 4.17. The van der Waals surface area contributed by atoms with Gasteiger partial charge in [0.1, 0.15) is 0 Å². The number of isocyanates is 1. The molecular formula is C10H16N2O. The standard InChI is InChI=1S/C10H16N2O/c13-8-11-6-9-2-1-5-12(7-9)10-3-4-10/h9-10H,1-7H2. The summed E-state index contributed by atoms with van der Waals surface area (Å²) in [7, 11) is 0. The zero-order valence-corrected chi connectivity index (χ0v) is 7.91. The van der Waals surface area contributed by atoms with Gasteiger partial charge in [0, 0.05) is 12.6 Å². The Balaban J connectivity index is 1.80. The Labute approximate surface area is 78.8 Å². The van der Waals surface area contributed by atoms with Crippen molar-refractivity contribution in [1.29, 1.82) is 0 Å². The van der Waals surface area contributed by atoms with Gasteiger partial charge >= 0.3 is 0 Å². The van der Waals surface area contributed by atoms with E-state index >= 15 is 0 Å². The zero-order chi connectivity index (χ0) is 9.10. The summed E-state index contributed by atoms with van der Waals surface area (Å²) in [6, 6.07) is 0.864. The third-order valence-corrected chi connectivity index (χ3v) is 3.03. The average Bonchev–Trinajstić information content (AvgIpc) is 2.98. The number of rotatable bonds is 3. The maximum Gasteiger partial charge on any atom is 0.234 e. The molecule has 0 aromatic carbocycles. The molecule has 3 nitrogen and oxygen atoms in total. The van der Waals surface area contributed by atoms with Crippen LogP contribution in [0.25, 0.3) is 0 Å². The van der Waals surface area contributed by atoms with Crippen LogP contribution in [-0.2, 0) is 4.79 Å². The van der Waals surface area contributed by atoms with Crippen molar-refractivity contribution in [2.75, 3.05) is 19.6 Å². The zero-order valence-electron chi connectivity index (χ0n) is 7.91. The van der Waals surface area contributed by atoms with Crippen LogP contribution in [0, 0.1) is 5.92 Å². The summed E-state index contributed by atoms with van der Waals surface area (Å²) >= 11 is 0. The summed E-state index contributed by atoms with van der Waals surface area (Å²) in [6.07, 6.45) is 6.89. The second kappa shape index (κ2) is 4.03. The van der Waals surface area contributed by atoms with Gasteiger partial charge in [-0.2, -0.15) is 0 Å².